The van der Waals surface area contributed by atoms with Gasteiger partial charge in [0.1, 0.15) is 0 Å². The third-order valence-corrected chi connectivity index (χ3v) is 1.33. The van der Waals surface area contributed by atoms with Gasteiger partial charge in [0.15, 0.2) is 6.29 Å². The molecule has 0 saturated carbocycles. The van der Waals surface area contributed by atoms with Gasteiger partial charge < -0.3 is 19.9 Å². The molecule has 0 aromatic carbocycles. The van der Waals surface area contributed by atoms with E-state index in [4.69, 9.17) is 19.9 Å². The van der Waals surface area contributed by atoms with Crippen LogP contribution in [0.5, 0.6) is 0 Å². The summed E-state index contributed by atoms with van der Waals surface area (Å²) in [6.45, 7) is 10.4. The van der Waals surface area contributed by atoms with E-state index in [2.05, 4.69) is 0 Å². The van der Waals surface area contributed by atoms with Crippen molar-refractivity contribution in [3.05, 3.63) is 0 Å². The van der Waals surface area contributed by atoms with E-state index < -0.39 is 0 Å². The van der Waals surface area contributed by atoms with Crippen molar-refractivity contribution in [3.63, 3.8) is 0 Å². The molecule has 0 fully saturated rings. The van der Waals surface area contributed by atoms with Crippen LogP contribution in [0.25, 0.3) is 0 Å². The van der Waals surface area contributed by atoms with E-state index in [0.717, 1.165) is 0 Å². The van der Waals surface area contributed by atoms with Gasteiger partial charge in [-0.2, -0.15) is 0 Å². The Morgan fingerprint density at radius 3 is 2.07 bits per heavy atom. The first-order valence-electron chi connectivity index (χ1n) is 4.96. The molecule has 14 heavy (non-hydrogen) atoms. The molecule has 0 saturated heterocycles. The summed E-state index contributed by atoms with van der Waals surface area (Å²) in [5, 5.41) is 0. The maximum absolute atomic E-state index is 5.60. The highest BCUT2D eigenvalue weighted by molar-refractivity contribution is 4.61. The summed E-state index contributed by atoms with van der Waals surface area (Å²) >= 11 is 0. The summed E-state index contributed by atoms with van der Waals surface area (Å²) in [6.07, 6.45) is -0.218. The first kappa shape index (κ1) is 13.8. The van der Waals surface area contributed by atoms with Crippen LogP contribution in [-0.4, -0.2) is 31.3 Å². The summed E-state index contributed by atoms with van der Waals surface area (Å²) < 4.78 is 16.2. The molecule has 0 spiro atoms. The molecule has 0 radical (unpaired) electrons. The van der Waals surface area contributed by atoms with Crippen LogP contribution in [0.15, 0.2) is 0 Å². The molecule has 2 N–H and O–H groups in total. The van der Waals surface area contributed by atoms with Crippen molar-refractivity contribution in [2.75, 3.05) is 13.3 Å². The number of hydrogen-bond donors (Lipinski definition) is 1. The van der Waals surface area contributed by atoms with Crippen LogP contribution < -0.4 is 5.73 Å². The first-order valence-corrected chi connectivity index (χ1v) is 4.96. The SMILES string of the molecule is CC(C)OCC(OCN)OC(C)(C)C. The highest BCUT2D eigenvalue weighted by atomic mass is 16.7. The van der Waals surface area contributed by atoms with Gasteiger partial charge in [-0.05, 0) is 34.6 Å². The molecule has 4 heteroatoms. The Kier molecular flexibility index (Phi) is 6.27. The molecule has 1 unspecified atom stereocenters. The van der Waals surface area contributed by atoms with Crippen molar-refractivity contribution in [1.82, 2.24) is 0 Å². The van der Waals surface area contributed by atoms with Crippen molar-refractivity contribution in [1.29, 1.82) is 0 Å². The standard InChI is InChI=1S/C10H23NO3/c1-8(2)12-6-9(13-7-11)14-10(3,4)5/h8-9H,6-7,11H2,1-5H3. The maximum atomic E-state index is 5.60. The summed E-state index contributed by atoms with van der Waals surface area (Å²) in [5.41, 5.74) is 5.05. The van der Waals surface area contributed by atoms with Gasteiger partial charge >= 0.3 is 0 Å². The molecule has 0 heterocycles. The van der Waals surface area contributed by atoms with Gasteiger partial charge in [0, 0.05) is 0 Å². The van der Waals surface area contributed by atoms with Crippen molar-refractivity contribution >= 4 is 0 Å². The van der Waals surface area contributed by atoms with Gasteiger partial charge in [-0.15, -0.1) is 0 Å². The zero-order chi connectivity index (χ0) is 11.2. The largest absolute Gasteiger partial charge is 0.374 e. The highest BCUT2D eigenvalue weighted by Gasteiger charge is 2.19. The van der Waals surface area contributed by atoms with Crippen molar-refractivity contribution in [3.8, 4) is 0 Å². The Bertz CT molecular complexity index is 143. The Labute approximate surface area is 86.7 Å². The second-order valence-electron chi connectivity index (χ2n) is 4.38. The minimum absolute atomic E-state index is 0.141. The molecule has 4 nitrogen and oxygen atoms in total. The second kappa shape index (κ2) is 6.35. The van der Waals surface area contributed by atoms with E-state index >= 15 is 0 Å². The number of ether oxygens (including phenoxy) is 3. The zero-order valence-electron chi connectivity index (χ0n) is 9.87. The maximum Gasteiger partial charge on any atom is 0.183 e. The molecule has 0 amide bonds. The van der Waals surface area contributed by atoms with Crippen molar-refractivity contribution in [2.24, 2.45) is 5.73 Å². The van der Waals surface area contributed by atoms with E-state index in [-0.39, 0.29) is 24.7 Å². The summed E-state index contributed by atoms with van der Waals surface area (Å²) in [5.74, 6) is 0. The first-order chi connectivity index (χ1) is 6.35. The van der Waals surface area contributed by atoms with E-state index in [0.29, 0.717) is 6.61 Å². The van der Waals surface area contributed by atoms with Gasteiger partial charge in [0.2, 0.25) is 0 Å². The number of rotatable bonds is 6. The molecule has 0 aromatic rings. The molecular weight excluding hydrogens is 182 g/mol. The second-order valence-corrected chi connectivity index (χ2v) is 4.38. The van der Waals surface area contributed by atoms with E-state index in [1.165, 1.54) is 0 Å². The van der Waals surface area contributed by atoms with Gasteiger partial charge in [0.25, 0.3) is 0 Å². The lowest BCUT2D eigenvalue weighted by Crippen LogP contribution is -2.34. The predicted octanol–water partition coefficient (Wildman–Crippen LogP) is 1.49. The van der Waals surface area contributed by atoms with E-state index in [9.17, 15) is 0 Å². The van der Waals surface area contributed by atoms with Crippen molar-refractivity contribution in [2.45, 2.75) is 52.6 Å². The Hall–Kier alpha value is -0.160. The molecule has 0 aromatic heterocycles. The van der Waals surface area contributed by atoms with Crippen LogP contribution in [0.3, 0.4) is 0 Å². The average molecular weight is 205 g/mol. The topological polar surface area (TPSA) is 53.7 Å². The lowest BCUT2D eigenvalue weighted by molar-refractivity contribution is -0.220. The smallest absolute Gasteiger partial charge is 0.183 e. The van der Waals surface area contributed by atoms with E-state index in [1.54, 1.807) is 0 Å². The van der Waals surface area contributed by atoms with Gasteiger partial charge in [0.05, 0.1) is 25.0 Å². The van der Waals surface area contributed by atoms with Gasteiger partial charge in [-0.3, -0.25) is 0 Å². The van der Waals surface area contributed by atoms with Crippen LogP contribution in [0.4, 0.5) is 0 Å². The molecule has 0 aliphatic rings. The molecule has 0 aliphatic heterocycles. The molecule has 0 rings (SSSR count). The Morgan fingerprint density at radius 1 is 1.14 bits per heavy atom. The lowest BCUT2D eigenvalue weighted by atomic mass is 10.2. The number of nitrogens with two attached hydrogens (primary N) is 1. The quantitative estimate of drug-likeness (QED) is 0.667. The van der Waals surface area contributed by atoms with Crippen LogP contribution in [0, 0.1) is 0 Å². The monoisotopic (exact) mass is 205 g/mol. The highest BCUT2D eigenvalue weighted by Crippen LogP contribution is 2.12. The predicted molar refractivity (Wildman–Crippen MR) is 55.9 cm³/mol. The number of hydrogen-bond acceptors (Lipinski definition) is 4. The van der Waals surface area contributed by atoms with E-state index in [1.807, 2.05) is 34.6 Å². The van der Waals surface area contributed by atoms with Crippen molar-refractivity contribution < 1.29 is 14.2 Å². The molecule has 0 aliphatic carbocycles. The fourth-order valence-electron chi connectivity index (χ4n) is 0.889. The van der Waals surface area contributed by atoms with Gasteiger partial charge in [-0.25, -0.2) is 0 Å². The minimum atomic E-state index is -0.387. The third kappa shape index (κ3) is 8.44. The average Bonchev–Trinajstić information content (AvgIpc) is 1.98. The Balaban J connectivity index is 3.89. The van der Waals surface area contributed by atoms with Crippen LogP contribution in [0.1, 0.15) is 34.6 Å². The summed E-state index contributed by atoms with van der Waals surface area (Å²) in [6, 6.07) is 0. The van der Waals surface area contributed by atoms with Gasteiger partial charge in [-0.1, -0.05) is 0 Å². The molecule has 0 bridgehead atoms. The lowest BCUT2D eigenvalue weighted by Gasteiger charge is -2.27. The normalized spacial score (nSPS) is 14.8. The van der Waals surface area contributed by atoms with Crippen LogP contribution in [0.2, 0.25) is 0 Å². The zero-order valence-corrected chi connectivity index (χ0v) is 9.87. The Morgan fingerprint density at radius 2 is 1.71 bits per heavy atom. The summed E-state index contributed by atoms with van der Waals surface area (Å²) in [7, 11) is 0. The fourth-order valence-corrected chi connectivity index (χ4v) is 0.889. The summed E-state index contributed by atoms with van der Waals surface area (Å²) in [4.78, 5) is 0. The van der Waals surface area contributed by atoms with Crippen LogP contribution >= 0.6 is 0 Å². The fraction of sp³-hybridized carbons (Fsp3) is 1.00. The van der Waals surface area contributed by atoms with Crippen LogP contribution in [-0.2, 0) is 14.2 Å². The third-order valence-electron chi connectivity index (χ3n) is 1.33. The molecular formula is C10H23NO3. The molecule has 86 valence electrons. The minimum Gasteiger partial charge on any atom is -0.374 e. The molecule has 1 atom stereocenters.